The van der Waals surface area contributed by atoms with Crippen molar-refractivity contribution in [2.45, 2.75) is 51.6 Å². The molecular weight excluding hydrogens is 252 g/mol. The first-order chi connectivity index (χ1) is 9.55. The average molecular weight is 284 g/mol. The SMILES string of the molecule is CCCNCC1(CN2CCC(C)(O)CC2)CCCOC1. The predicted molar refractivity (Wildman–Crippen MR) is 81.9 cm³/mol. The second kappa shape index (κ2) is 7.21. The zero-order valence-electron chi connectivity index (χ0n) is 13.3. The van der Waals surface area contributed by atoms with E-state index in [1.165, 1.54) is 19.3 Å². The van der Waals surface area contributed by atoms with Gasteiger partial charge < -0.3 is 20.1 Å². The molecule has 4 heteroatoms. The van der Waals surface area contributed by atoms with Crippen LogP contribution in [0.4, 0.5) is 0 Å². The number of likely N-dealkylation sites (tertiary alicyclic amines) is 1. The third kappa shape index (κ3) is 4.69. The first-order valence-corrected chi connectivity index (χ1v) is 8.29. The summed E-state index contributed by atoms with van der Waals surface area (Å²) in [7, 11) is 0. The molecule has 1 atom stereocenters. The van der Waals surface area contributed by atoms with Gasteiger partial charge in [0.15, 0.2) is 0 Å². The standard InChI is InChI=1S/C16H32N2O2/c1-3-8-17-12-16(5-4-11-20-14-16)13-18-9-6-15(2,19)7-10-18/h17,19H,3-14H2,1-2H3. The van der Waals surface area contributed by atoms with Crippen LogP contribution >= 0.6 is 0 Å². The Morgan fingerprint density at radius 1 is 1.25 bits per heavy atom. The molecule has 118 valence electrons. The highest BCUT2D eigenvalue weighted by atomic mass is 16.5. The van der Waals surface area contributed by atoms with Crippen LogP contribution in [0, 0.1) is 5.41 Å². The lowest BCUT2D eigenvalue weighted by atomic mass is 9.80. The lowest BCUT2D eigenvalue weighted by Crippen LogP contribution is -2.52. The van der Waals surface area contributed by atoms with E-state index >= 15 is 0 Å². The van der Waals surface area contributed by atoms with Gasteiger partial charge in [0.25, 0.3) is 0 Å². The lowest BCUT2D eigenvalue weighted by molar-refractivity contribution is -0.0509. The van der Waals surface area contributed by atoms with Gasteiger partial charge in [0.1, 0.15) is 0 Å². The van der Waals surface area contributed by atoms with E-state index in [1.54, 1.807) is 0 Å². The van der Waals surface area contributed by atoms with E-state index in [0.29, 0.717) is 0 Å². The van der Waals surface area contributed by atoms with Crippen molar-refractivity contribution in [3.8, 4) is 0 Å². The second-order valence-corrected chi connectivity index (χ2v) is 7.11. The number of piperidine rings is 1. The van der Waals surface area contributed by atoms with Gasteiger partial charge in [-0.3, -0.25) is 0 Å². The largest absolute Gasteiger partial charge is 0.390 e. The molecule has 2 N–H and O–H groups in total. The van der Waals surface area contributed by atoms with Crippen molar-refractivity contribution in [2.75, 3.05) is 45.9 Å². The highest BCUT2D eigenvalue weighted by Gasteiger charge is 2.36. The number of aliphatic hydroxyl groups is 1. The molecule has 2 fully saturated rings. The average Bonchev–Trinajstić information content (AvgIpc) is 2.43. The molecule has 2 heterocycles. The molecule has 2 saturated heterocycles. The first kappa shape index (κ1) is 16.2. The number of rotatable bonds is 6. The van der Waals surface area contributed by atoms with Crippen LogP contribution in [0.3, 0.4) is 0 Å². The van der Waals surface area contributed by atoms with Gasteiger partial charge in [-0.25, -0.2) is 0 Å². The summed E-state index contributed by atoms with van der Waals surface area (Å²) in [4.78, 5) is 2.53. The molecule has 20 heavy (non-hydrogen) atoms. The Morgan fingerprint density at radius 2 is 2.00 bits per heavy atom. The van der Waals surface area contributed by atoms with E-state index in [-0.39, 0.29) is 5.41 Å². The molecule has 0 aromatic heterocycles. The topological polar surface area (TPSA) is 44.7 Å². The molecule has 0 aromatic carbocycles. The maximum Gasteiger partial charge on any atom is 0.0644 e. The third-order valence-electron chi connectivity index (χ3n) is 4.82. The van der Waals surface area contributed by atoms with Crippen molar-refractivity contribution >= 4 is 0 Å². The molecule has 2 aliphatic rings. The summed E-state index contributed by atoms with van der Waals surface area (Å²) < 4.78 is 5.78. The van der Waals surface area contributed by atoms with Crippen molar-refractivity contribution in [3.63, 3.8) is 0 Å². The van der Waals surface area contributed by atoms with Crippen molar-refractivity contribution in [1.29, 1.82) is 0 Å². The summed E-state index contributed by atoms with van der Waals surface area (Å²) in [5, 5.41) is 13.7. The monoisotopic (exact) mass is 284 g/mol. The van der Waals surface area contributed by atoms with Crippen LogP contribution in [0.5, 0.6) is 0 Å². The number of hydrogen-bond donors (Lipinski definition) is 2. The van der Waals surface area contributed by atoms with Crippen molar-refractivity contribution in [3.05, 3.63) is 0 Å². The van der Waals surface area contributed by atoms with Crippen molar-refractivity contribution < 1.29 is 9.84 Å². The molecule has 1 unspecified atom stereocenters. The van der Waals surface area contributed by atoms with Gasteiger partial charge in [0.2, 0.25) is 0 Å². The summed E-state index contributed by atoms with van der Waals surface area (Å²) in [5.41, 5.74) is -0.177. The zero-order chi connectivity index (χ0) is 14.5. The van der Waals surface area contributed by atoms with Crippen molar-refractivity contribution in [2.24, 2.45) is 5.41 Å². The molecule has 0 saturated carbocycles. The summed E-state index contributed by atoms with van der Waals surface area (Å²) >= 11 is 0. The number of hydrogen-bond acceptors (Lipinski definition) is 4. The molecule has 0 aliphatic carbocycles. The Balaban J connectivity index is 1.87. The number of nitrogens with zero attached hydrogens (tertiary/aromatic N) is 1. The maximum atomic E-state index is 10.1. The van der Waals surface area contributed by atoms with Gasteiger partial charge in [-0.2, -0.15) is 0 Å². The molecule has 0 aromatic rings. The Morgan fingerprint density at radius 3 is 2.60 bits per heavy atom. The fourth-order valence-electron chi connectivity index (χ4n) is 3.43. The van der Waals surface area contributed by atoms with Gasteiger partial charge in [0, 0.05) is 38.2 Å². The Bertz CT molecular complexity index is 278. The van der Waals surface area contributed by atoms with Gasteiger partial charge in [-0.15, -0.1) is 0 Å². The van der Waals surface area contributed by atoms with E-state index in [9.17, 15) is 5.11 Å². The molecule has 2 aliphatic heterocycles. The first-order valence-electron chi connectivity index (χ1n) is 8.29. The minimum absolute atomic E-state index is 0.274. The normalized spacial score (nSPS) is 31.4. The molecule has 2 rings (SSSR count). The third-order valence-corrected chi connectivity index (χ3v) is 4.82. The summed E-state index contributed by atoms with van der Waals surface area (Å²) in [6.45, 7) is 11.3. The second-order valence-electron chi connectivity index (χ2n) is 7.11. The van der Waals surface area contributed by atoms with Crippen molar-refractivity contribution in [1.82, 2.24) is 10.2 Å². The summed E-state index contributed by atoms with van der Waals surface area (Å²) in [6, 6.07) is 0. The van der Waals surface area contributed by atoms with E-state index in [2.05, 4.69) is 17.1 Å². The van der Waals surface area contributed by atoms with Gasteiger partial charge >= 0.3 is 0 Å². The maximum absolute atomic E-state index is 10.1. The van der Waals surface area contributed by atoms with E-state index in [4.69, 9.17) is 4.74 Å². The minimum Gasteiger partial charge on any atom is -0.390 e. The number of nitrogens with one attached hydrogen (secondary N) is 1. The summed E-state index contributed by atoms with van der Waals surface area (Å²) in [5.74, 6) is 0. The van der Waals surface area contributed by atoms with E-state index < -0.39 is 5.60 Å². The molecule has 0 bridgehead atoms. The van der Waals surface area contributed by atoms with Gasteiger partial charge in [-0.1, -0.05) is 6.92 Å². The van der Waals surface area contributed by atoms with Crippen LogP contribution in [0.15, 0.2) is 0 Å². The highest BCUT2D eigenvalue weighted by Crippen LogP contribution is 2.31. The highest BCUT2D eigenvalue weighted by molar-refractivity contribution is 4.90. The fourth-order valence-corrected chi connectivity index (χ4v) is 3.43. The molecule has 4 nitrogen and oxygen atoms in total. The van der Waals surface area contributed by atoms with Gasteiger partial charge in [0.05, 0.1) is 12.2 Å². The van der Waals surface area contributed by atoms with Crippen LogP contribution in [-0.4, -0.2) is 61.5 Å². The number of ether oxygens (including phenoxy) is 1. The smallest absolute Gasteiger partial charge is 0.0644 e. The predicted octanol–water partition coefficient (Wildman–Crippen LogP) is 1.63. The van der Waals surface area contributed by atoms with Crippen LogP contribution in [0.25, 0.3) is 0 Å². The Hall–Kier alpha value is -0.160. The Labute approximate surface area is 123 Å². The lowest BCUT2D eigenvalue weighted by Gasteiger charge is -2.44. The Kier molecular flexibility index (Phi) is 5.84. The van der Waals surface area contributed by atoms with E-state index in [0.717, 1.165) is 58.8 Å². The minimum atomic E-state index is -0.451. The quantitative estimate of drug-likeness (QED) is 0.728. The van der Waals surface area contributed by atoms with Crippen LogP contribution in [0.2, 0.25) is 0 Å². The van der Waals surface area contributed by atoms with Crippen LogP contribution in [-0.2, 0) is 4.74 Å². The van der Waals surface area contributed by atoms with Crippen LogP contribution in [0.1, 0.15) is 46.0 Å². The van der Waals surface area contributed by atoms with Gasteiger partial charge in [-0.05, 0) is 45.6 Å². The summed E-state index contributed by atoms with van der Waals surface area (Å²) in [6.07, 6.45) is 5.41. The van der Waals surface area contributed by atoms with Crippen LogP contribution < -0.4 is 5.32 Å². The molecule has 0 spiro atoms. The molecule has 0 radical (unpaired) electrons. The fraction of sp³-hybridized carbons (Fsp3) is 1.00. The molecular formula is C16H32N2O2. The van der Waals surface area contributed by atoms with E-state index in [1.807, 2.05) is 6.92 Å². The molecule has 0 amide bonds. The zero-order valence-corrected chi connectivity index (χ0v) is 13.3.